The molecule has 1 aromatic rings. The molecule has 0 fully saturated rings. The zero-order valence-electron chi connectivity index (χ0n) is 6.92. The number of hydrogen-bond acceptors (Lipinski definition) is 3. The Kier molecular flexibility index (Phi) is 2.39. The van der Waals surface area contributed by atoms with Crippen LogP contribution in [0.2, 0.25) is 0 Å². The Hall–Kier alpha value is -0.700. The summed E-state index contributed by atoms with van der Waals surface area (Å²) in [6.45, 7) is 5.70. The average Bonchev–Trinajstić information content (AvgIpc) is 2.34. The van der Waals surface area contributed by atoms with Crippen molar-refractivity contribution >= 4 is 17.1 Å². The van der Waals surface area contributed by atoms with Gasteiger partial charge in [-0.2, -0.15) is 0 Å². The maximum absolute atomic E-state index is 11.3. The fourth-order valence-corrected chi connectivity index (χ4v) is 1.63. The Morgan fingerprint density at radius 1 is 1.64 bits per heavy atom. The molecule has 0 spiro atoms. The minimum absolute atomic E-state index is 0.0786. The van der Waals surface area contributed by atoms with Gasteiger partial charge in [-0.05, 0) is 6.92 Å². The highest BCUT2D eigenvalue weighted by molar-refractivity contribution is 7.13. The highest BCUT2D eigenvalue weighted by atomic mass is 32.1. The molecule has 1 aromatic heterocycles. The van der Waals surface area contributed by atoms with Crippen LogP contribution >= 0.6 is 11.3 Å². The standard InChI is InChI=1S/C8H11NOS/c1-5(2)8(10)7-4-9-6(3)11-7/h4-5H,1-3H3. The quantitative estimate of drug-likeness (QED) is 0.636. The Bertz CT molecular complexity index is 265. The summed E-state index contributed by atoms with van der Waals surface area (Å²) < 4.78 is 0. The number of thiazole rings is 1. The van der Waals surface area contributed by atoms with Gasteiger partial charge in [-0.1, -0.05) is 13.8 Å². The molecule has 0 atom stereocenters. The summed E-state index contributed by atoms with van der Waals surface area (Å²) in [6.07, 6.45) is 1.66. The SMILES string of the molecule is Cc1ncc(C(=O)C(C)C)s1. The molecule has 0 unspecified atom stereocenters. The Labute approximate surface area is 70.3 Å². The number of aromatic nitrogens is 1. The first-order chi connectivity index (χ1) is 5.11. The average molecular weight is 169 g/mol. The molecule has 1 rings (SSSR count). The normalized spacial score (nSPS) is 10.5. The summed E-state index contributed by atoms with van der Waals surface area (Å²) in [5.74, 6) is 0.269. The number of aryl methyl sites for hydroxylation is 1. The van der Waals surface area contributed by atoms with Gasteiger partial charge in [0, 0.05) is 12.1 Å². The first-order valence-electron chi connectivity index (χ1n) is 3.58. The van der Waals surface area contributed by atoms with Gasteiger partial charge in [-0.3, -0.25) is 4.79 Å². The highest BCUT2D eigenvalue weighted by Gasteiger charge is 2.12. The number of carbonyl (C=O) groups is 1. The molecule has 1 heterocycles. The largest absolute Gasteiger partial charge is 0.293 e. The van der Waals surface area contributed by atoms with Crippen molar-refractivity contribution in [3.8, 4) is 0 Å². The van der Waals surface area contributed by atoms with Crippen LogP contribution in [-0.2, 0) is 0 Å². The molecule has 0 amide bonds. The van der Waals surface area contributed by atoms with Gasteiger partial charge in [0.2, 0.25) is 0 Å². The molecule has 0 radical (unpaired) electrons. The van der Waals surface area contributed by atoms with E-state index in [-0.39, 0.29) is 11.7 Å². The van der Waals surface area contributed by atoms with Crippen molar-refractivity contribution in [2.75, 3.05) is 0 Å². The lowest BCUT2D eigenvalue weighted by Crippen LogP contribution is -2.04. The second-order valence-corrected chi connectivity index (χ2v) is 4.00. The first kappa shape index (κ1) is 8.40. The monoisotopic (exact) mass is 169 g/mol. The zero-order chi connectivity index (χ0) is 8.43. The molecule has 3 heteroatoms. The van der Waals surface area contributed by atoms with Crippen molar-refractivity contribution in [1.82, 2.24) is 4.98 Å². The van der Waals surface area contributed by atoms with Gasteiger partial charge in [0.1, 0.15) is 0 Å². The molecule has 0 saturated carbocycles. The van der Waals surface area contributed by atoms with Crippen LogP contribution in [0, 0.1) is 12.8 Å². The third-order valence-electron chi connectivity index (χ3n) is 1.39. The molecule has 0 aliphatic carbocycles. The van der Waals surface area contributed by atoms with E-state index < -0.39 is 0 Å². The van der Waals surface area contributed by atoms with Crippen molar-refractivity contribution in [3.05, 3.63) is 16.1 Å². The first-order valence-corrected chi connectivity index (χ1v) is 4.39. The molecule has 0 saturated heterocycles. The smallest absolute Gasteiger partial charge is 0.176 e. The van der Waals surface area contributed by atoms with E-state index in [2.05, 4.69) is 4.98 Å². The summed E-state index contributed by atoms with van der Waals surface area (Å²) in [4.78, 5) is 16.1. The van der Waals surface area contributed by atoms with E-state index in [0.29, 0.717) is 0 Å². The number of rotatable bonds is 2. The molecule has 2 nitrogen and oxygen atoms in total. The van der Waals surface area contributed by atoms with Gasteiger partial charge < -0.3 is 0 Å². The minimum Gasteiger partial charge on any atom is -0.293 e. The van der Waals surface area contributed by atoms with E-state index in [4.69, 9.17) is 0 Å². The van der Waals surface area contributed by atoms with Gasteiger partial charge in [0.05, 0.1) is 9.88 Å². The molecule has 0 bridgehead atoms. The van der Waals surface area contributed by atoms with Crippen molar-refractivity contribution in [2.24, 2.45) is 5.92 Å². The molecule has 11 heavy (non-hydrogen) atoms. The summed E-state index contributed by atoms with van der Waals surface area (Å²) in [7, 11) is 0. The van der Waals surface area contributed by atoms with Crippen LogP contribution in [0.1, 0.15) is 28.5 Å². The molecule has 0 aromatic carbocycles. The van der Waals surface area contributed by atoms with Gasteiger partial charge in [0.15, 0.2) is 5.78 Å². The van der Waals surface area contributed by atoms with Crippen LogP contribution < -0.4 is 0 Å². The van der Waals surface area contributed by atoms with Gasteiger partial charge in [-0.15, -0.1) is 11.3 Å². The van der Waals surface area contributed by atoms with E-state index in [1.807, 2.05) is 20.8 Å². The van der Waals surface area contributed by atoms with Gasteiger partial charge in [0.25, 0.3) is 0 Å². The molecule has 0 aliphatic heterocycles. The third kappa shape index (κ3) is 1.87. The van der Waals surface area contributed by atoms with Crippen molar-refractivity contribution in [3.63, 3.8) is 0 Å². The highest BCUT2D eigenvalue weighted by Crippen LogP contribution is 2.15. The number of ketones is 1. The molecule has 60 valence electrons. The lowest BCUT2D eigenvalue weighted by atomic mass is 10.1. The van der Waals surface area contributed by atoms with Crippen molar-refractivity contribution in [2.45, 2.75) is 20.8 Å². The number of hydrogen-bond donors (Lipinski definition) is 0. The van der Waals surface area contributed by atoms with E-state index in [1.54, 1.807) is 6.20 Å². The summed E-state index contributed by atoms with van der Waals surface area (Å²) in [5.41, 5.74) is 0. The molecular weight excluding hydrogens is 158 g/mol. The molecule has 0 aliphatic rings. The van der Waals surface area contributed by atoms with Crippen molar-refractivity contribution in [1.29, 1.82) is 0 Å². The number of carbonyl (C=O) groups excluding carboxylic acids is 1. The fraction of sp³-hybridized carbons (Fsp3) is 0.500. The van der Waals surface area contributed by atoms with Crippen LogP contribution in [0.4, 0.5) is 0 Å². The Balaban J connectivity index is 2.85. The molecule has 0 N–H and O–H groups in total. The predicted molar refractivity (Wildman–Crippen MR) is 46.0 cm³/mol. The number of Topliss-reactive ketones (excluding diaryl/α,β-unsaturated/α-hetero) is 1. The van der Waals surface area contributed by atoms with Crippen molar-refractivity contribution < 1.29 is 4.79 Å². The fourth-order valence-electron chi connectivity index (χ4n) is 0.760. The van der Waals surface area contributed by atoms with E-state index >= 15 is 0 Å². The van der Waals surface area contributed by atoms with Crippen LogP contribution in [0.5, 0.6) is 0 Å². The second kappa shape index (κ2) is 3.13. The predicted octanol–water partition coefficient (Wildman–Crippen LogP) is 2.29. The Morgan fingerprint density at radius 2 is 2.27 bits per heavy atom. The second-order valence-electron chi connectivity index (χ2n) is 2.76. The van der Waals surface area contributed by atoms with Crippen LogP contribution in [0.25, 0.3) is 0 Å². The maximum atomic E-state index is 11.3. The zero-order valence-corrected chi connectivity index (χ0v) is 7.73. The molecular formula is C8H11NOS. The summed E-state index contributed by atoms with van der Waals surface area (Å²) in [5, 5.41) is 0.953. The number of nitrogens with zero attached hydrogens (tertiary/aromatic N) is 1. The minimum atomic E-state index is 0.0786. The Morgan fingerprint density at radius 3 is 2.64 bits per heavy atom. The summed E-state index contributed by atoms with van der Waals surface area (Å²) >= 11 is 1.46. The lowest BCUT2D eigenvalue weighted by molar-refractivity contribution is 0.0943. The van der Waals surface area contributed by atoms with Crippen LogP contribution in [0.15, 0.2) is 6.20 Å². The maximum Gasteiger partial charge on any atom is 0.176 e. The van der Waals surface area contributed by atoms with Gasteiger partial charge in [-0.25, -0.2) is 4.98 Å². The topological polar surface area (TPSA) is 30.0 Å². The summed E-state index contributed by atoms with van der Waals surface area (Å²) in [6, 6.07) is 0. The van der Waals surface area contributed by atoms with Crippen LogP contribution in [-0.4, -0.2) is 10.8 Å². The lowest BCUT2D eigenvalue weighted by Gasteiger charge is -1.97. The van der Waals surface area contributed by atoms with E-state index in [1.165, 1.54) is 11.3 Å². The third-order valence-corrected chi connectivity index (χ3v) is 2.32. The van der Waals surface area contributed by atoms with E-state index in [9.17, 15) is 4.79 Å². The van der Waals surface area contributed by atoms with E-state index in [0.717, 1.165) is 9.88 Å². The van der Waals surface area contributed by atoms with Gasteiger partial charge >= 0.3 is 0 Å². The van der Waals surface area contributed by atoms with Crippen LogP contribution in [0.3, 0.4) is 0 Å².